The number of imidazole rings is 1. The van der Waals surface area contributed by atoms with Crippen LogP contribution >= 0.6 is 22.7 Å². The number of hydrogen-bond donors (Lipinski definition) is 1. The summed E-state index contributed by atoms with van der Waals surface area (Å²) in [6.07, 6.45) is 1.06. The van der Waals surface area contributed by atoms with Gasteiger partial charge < -0.3 is 5.32 Å². The van der Waals surface area contributed by atoms with E-state index in [0.29, 0.717) is 30.8 Å². The van der Waals surface area contributed by atoms with Gasteiger partial charge in [-0.25, -0.2) is 13.8 Å². The number of alkyl halides is 2. The molecule has 3 aromatic heterocycles. The second-order valence-electron chi connectivity index (χ2n) is 5.91. The summed E-state index contributed by atoms with van der Waals surface area (Å²) >= 11 is 2.95. The zero-order valence-corrected chi connectivity index (χ0v) is 14.4. The van der Waals surface area contributed by atoms with Crippen molar-refractivity contribution in [3.05, 3.63) is 22.5 Å². The van der Waals surface area contributed by atoms with Gasteiger partial charge in [0.15, 0.2) is 4.96 Å². The summed E-state index contributed by atoms with van der Waals surface area (Å²) in [7, 11) is 0. The molecule has 0 unspecified atom stereocenters. The third-order valence-corrected chi connectivity index (χ3v) is 6.06. The van der Waals surface area contributed by atoms with Crippen LogP contribution in [-0.2, 0) is 0 Å². The Morgan fingerprint density at radius 2 is 2.21 bits per heavy atom. The Hall–Kier alpha value is -1.58. The molecule has 0 aromatic carbocycles. The molecule has 0 radical (unpaired) electrons. The summed E-state index contributed by atoms with van der Waals surface area (Å²) in [6, 6.07) is 1.92. The van der Waals surface area contributed by atoms with E-state index in [4.69, 9.17) is 0 Å². The number of aromatic nitrogens is 2. The van der Waals surface area contributed by atoms with Gasteiger partial charge in [0.1, 0.15) is 4.83 Å². The number of carbonyl (C=O) groups is 1. The number of thiophene rings is 1. The van der Waals surface area contributed by atoms with Crippen LogP contribution in [0.5, 0.6) is 0 Å². The molecule has 0 atom stereocenters. The molecular formula is C15H16F2N4OS2. The van der Waals surface area contributed by atoms with Crippen LogP contribution in [0.2, 0.25) is 0 Å². The van der Waals surface area contributed by atoms with Gasteiger partial charge in [-0.3, -0.25) is 14.1 Å². The van der Waals surface area contributed by atoms with E-state index < -0.39 is 6.43 Å². The average Bonchev–Trinajstić information content (AvgIpc) is 3.20. The number of carbonyl (C=O) groups excluding carboxylic acids is 1. The lowest BCUT2D eigenvalue weighted by molar-refractivity contribution is 0.0697. The van der Waals surface area contributed by atoms with E-state index in [2.05, 4.69) is 10.3 Å². The van der Waals surface area contributed by atoms with Gasteiger partial charge in [-0.2, -0.15) is 0 Å². The molecule has 5 nitrogen and oxygen atoms in total. The van der Waals surface area contributed by atoms with E-state index in [-0.39, 0.29) is 18.5 Å². The van der Waals surface area contributed by atoms with Crippen molar-refractivity contribution in [3.63, 3.8) is 0 Å². The molecule has 1 aliphatic rings. The van der Waals surface area contributed by atoms with Crippen molar-refractivity contribution in [2.45, 2.75) is 25.3 Å². The van der Waals surface area contributed by atoms with Gasteiger partial charge in [-0.05, 0) is 18.9 Å². The minimum Gasteiger partial charge on any atom is -0.349 e. The standard InChI is InChI=1S/C15H16F2N4OS2/c16-12(17)8-20-3-1-9(2-4-20)18-13(22)11-7-10-14(24-11)19-15-21(10)5-6-23-15/h5-7,9,12H,1-4,8H2,(H,18,22). The molecule has 0 bridgehead atoms. The summed E-state index contributed by atoms with van der Waals surface area (Å²) in [4.78, 5) is 21.1. The van der Waals surface area contributed by atoms with Crippen molar-refractivity contribution in [2.24, 2.45) is 0 Å². The third kappa shape index (κ3) is 3.03. The summed E-state index contributed by atoms with van der Waals surface area (Å²) in [5.74, 6) is -0.103. The number of amides is 1. The predicted octanol–water partition coefficient (Wildman–Crippen LogP) is 3.07. The van der Waals surface area contributed by atoms with Gasteiger partial charge >= 0.3 is 0 Å². The van der Waals surface area contributed by atoms with Gasteiger partial charge in [-0.1, -0.05) is 0 Å². The van der Waals surface area contributed by atoms with Crippen LogP contribution in [0.25, 0.3) is 15.3 Å². The maximum atomic E-state index is 12.4. The van der Waals surface area contributed by atoms with Crippen molar-refractivity contribution >= 4 is 43.9 Å². The van der Waals surface area contributed by atoms with Gasteiger partial charge in [-0.15, -0.1) is 22.7 Å². The first kappa shape index (κ1) is 15.9. The topological polar surface area (TPSA) is 49.6 Å². The first-order chi connectivity index (χ1) is 11.6. The smallest absolute Gasteiger partial charge is 0.261 e. The molecule has 0 aliphatic carbocycles. The summed E-state index contributed by atoms with van der Waals surface area (Å²) in [6.45, 7) is 1.01. The van der Waals surface area contributed by atoms with Crippen molar-refractivity contribution in [1.82, 2.24) is 19.6 Å². The number of thiazole rings is 1. The van der Waals surface area contributed by atoms with Gasteiger partial charge in [0, 0.05) is 30.7 Å². The number of nitrogens with zero attached hydrogens (tertiary/aromatic N) is 3. The van der Waals surface area contributed by atoms with Crippen LogP contribution in [0.15, 0.2) is 17.6 Å². The Kier molecular flexibility index (Phi) is 4.23. The fourth-order valence-electron chi connectivity index (χ4n) is 3.07. The second-order valence-corrected chi connectivity index (χ2v) is 7.81. The molecule has 4 rings (SSSR count). The first-order valence-corrected chi connectivity index (χ1v) is 9.46. The number of nitrogens with one attached hydrogen (secondary N) is 1. The van der Waals surface area contributed by atoms with E-state index in [1.165, 1.54) is 11.3 Å². The quantitative estimate of drug-likeness (QED) is 0.768. The van der Waals surface area contributed by atoms with E-state index in [1.54, 1.807) is 16.2 Å². The fourth-order valence-corrected chi connectivity index (χ4v) is 4.77. The molecule has 1 amide bonds. The number of rotatable bonds is 4. The molecule has 128 valence electrons. The molecule has 1 fully saturated rings. The highest BCUT2D eigenvalue weighted by Crippen LogP contribution is 2.28. The number of fused-ring (bicyclic) bond motifs is 3. The minimum absolute atomic E-state index is 0.0460. The van der Waals surface area contributed by atoms with Crippen LogP contribution < -0.4 is 5.32 Å². The summed E-state index contributed by atoms with van der Waals surface area (Å²) < 4.78 is 26.8. The number of likely N-dealkylation sites (tertiary alicyclic amines) is 1. The predicted molar refractivity (Wildman–Crippen MR) is 91.4 cm³/mol. The van der Waals surface area contributed by atoms with E-state index >= 15 is 0 Å². The van der Waals surface area contributed by atoms with Gasteiger partial charge in [0.2, 0.25) is 0 Å². The molecule has 4 heterocycles. The Morgan fingerprint density at radius 1 is 1.42 bits per heavy atom. The summed E-state index contributed by atoms with van der Waals surface area (Å²) in [5, 5.41) is 4.99. The first-order valence-electron chi connectivity index (χ1n) is 7.76. The van der Waals surface area contributed by atoms with Crippen molar-refractivity contribution < 1.29 is 13.6 Å². The van der Waals surface area contributed by atoms with Crippen molar-refractivity contribution in [3.8, 4) is 0 Å². The molecule has 1 N–H and O–H groups in total. The summed E-state index contributed by atoms with van der Waals surface area (Å²) in [5.41, 5.74) is 0.952. The molecular weight excluding hydrogens is 354 g/mol. The van der Waals surface area contributed by atoms with E-state index in [9.17, 15) is 13.6 Å². The number of hydrogen-bond acceptors (Lipinski definition) is 5. The second kappa shape index (κ2) is 6.38. The van der Waals surface area contributed by atoms with Crippen LogP contribution in [0.1, 0.15) is 22.5 Å². The monoisotopic (exact) mass is 370 g/mol. The highest BCUT2D eigenvalue weighted by Gasteiger charge is 2.24. The zero-order chi connectivity index (χ0) is 16.7. The highest BCUT2D eigenvalue weighted by atomic mass is 32.1. The Labute approximate surface area is 144 Å². The van der Waals surface area contributed by atoms with Crippen molar-refractivity contribution in [2.75, 3.05) is 19.6 Å². The van der Waals surface area contributed by atoms with Crippen LogP contribution in [0.3, 0.4) is 0 Å². The molecule has 3 aromatic rings. The molecule has 24 heavy (non-hydrogen) atoms. The molecule has 0 spiro atoms. The van der Waals surface area contributed by atoms with E-state index in [1.807, 2.05) is 22.0 Å². The number of halogens is 2. The lowest BCUT2D eigenvalue weighted by Crippen LogP contribution is -2.45. The SMILES string of the molecule is O=C(NC1CCN(CC(F)F)CC1)c1cc2c(nc3sccn32)s1. The Bertz CT molecular complexity index is 863. The molecule has 9 heteroatoms. The largest absolute Gasteiger partial charge is 0.349 e. The van der Waals surface area contributed by atoms with Crippen molar-refractivity contribution in [1.29, 1.82) is 0 Å². The van der Waals surface area contributed by atoms with Gasteiger partial charge in [0.25, 0.3) is 12.3 Å². The Morgan fingerprint density at radius 3 is 2.96 bits per heavy atom. The fraction of sp³-hybridized carbons (Fsp3) is 0.467. The van der Waals surface area contributed by atoms with Crippen LogP contribution in [0, 0.1) is 0 Å². The molecule has 1 saturated heterocycles. The Balaban J connectivity index is 1.40. The number of piperidine rings is 1. The molecule has 1 aliphatic heterocycles. The van der Waals surface area contributed by atoms with E-state index in [0.717, 1.165) is 15.3 Å². The lowest BCUT2D eigenvalue weighted by Gasteiger charge is -2.31. The van der Waals surface area contributed by atoms with Gasteiger partial charge in [0.05, 0.1) is 16.9 Å². The normalized spacial score (nSPS) is 17.3. The minimum atomic E-state index is -2.30. The maximum Gasteiger partial charge on any atom is 0.261 e. The zero-order valence-electron chi connectivity index (χ0n) is 12.7. The average molecular weight is 370 g/mol. The lowest BCUT2D eigenvalue weighted by atomic mass is 10.1. The van der Waals surface area contributed by atoms with Crippen LogP contribution in [0.4, 0.5) is 8.78 Å². The third-order valence-electron chi connectivity index (χ3n) is 4.28. The highest BCUT2D eigenvalue weighted by molar-refractivity contribution is 7.21. The maximum absolute atomic E-state index is 12.4. The molecule has 0 saturated carbocycles. The van der Waals surface area contributed by atoms with Crippen LogP contribution in [-0.4, -0.2) is 52.3 Å².